The van der Waals surface area contributed by atoms with Gasteiger partial charge in [-0.2, -0.15) is 0 Å². The van der Waals surface area contributed by atoms with Crippen molar-refractivity contribution in [2.24, 2.45) is 0 Å². The van der Waals surface area contributed by atoms with E-state index in [1.807, 2.05) is 36.4 Å². The number of methoxy groups -OCH3 is 1. The fourth-order valence-corrected chi connectivity index (χ4v) is 1.71. The molecule has 0 bridgehead atoms. The van der Waals surface area contributed by atoms with Crippen molar-refractivity contribution >= 4 is 11.6 Å². The van der Waals surface area contributed by atoms with Gasteiger partial charge in [-0.1, -0.05) is 29.8 Å². The minimum atomic E-state index is 0.451. The van der Waals surface area contributed by atoms with Crippen LogP contribution >= 0.6 is 11.6 Å². The quantitative estimate of drug-likeness (QED) is 0.774. The molecule has 18 heavy (non-hydrogen) atoms. The van der Waals surface area contributed by atoms with Crippen molar-refractivity contribution in [3.63, 3.8) is 0 Å². The summed E-state index contributed by atoms with van der Waals surface area (Å²) in [6.45, 7) is 0.991. The van der Waals surface area contributed by atoms with Gasteiger partial charge in [-0.15, -0.1) is 0 Å². The molecule has 0 atom stereocenters. The molecule has 0 amide bonds. The summed E-state index contributed by atoms with van der Waals surface area (Å²) in [7, 11) is 1.65. The topological polar surface area (TPSA) is 31.4 Å². The summed E-state index contributed by atoms with van der Waals surface area (Å²) in [6, 6.07) is 13.3. The Morgan fingerprint density at radius 1 is 1.06 bits per heavy atom. The highest BCUT2D eigenvalue weighted by Gasteiger charge is 1.98. The van der Waals surface area contributed by atoms with Crippen LogP contribution in [0.2, 0.25) is 5.15 Å². The Balaban J connectivity index is 1.84. The smallest absolute Gasteiger partial charge is 0.129 e. The highest BCUT2D eigenvalue weighted by atomic mass is 35.5. The lowest BCUT2D eigenvalue weighted by Crippen LogP contribution is -1.96. The molecule has 0 N–H and O–H groups in total. The number of hydrogen-bond donors (Lipinski definition) is 0. The van der Waals surface area contributed by atoms with E-state index in [2.05, 4.69) is 4.98 Å². The Morgan fingerprint density at radius 2 is 1.83 bits per heavy atom. The van der Waals surface area contributed by atoms with Crippen LogP contribution in [0.15, 0.2) is 42.5 Å². The van der Waals surface area contributed by atoms with Gasteiger partial charge in [0.1, 0.15) is 10.9 Å². The number of halogens is 1. The van der Waals surface area contributed by atoms with Crippen LogP contribution in [0, 0.1) is 0 Å². The summed E-state index contributed by atoms with van der Waals surface area (Å²) in [4.78, 5) is 4.15. The molecule has 3 nitrogen and oxygen atoms in total. The van der Waals surface area contributed by atoms with Gasteiger partial charge >= 0.3 is 0 Å². The molecule has 0 saturated carbocycles. The van der Waals surface area contributed by atoms with Crippen molar-refractivity contribution in [1.82, 2.24) is 4.98 Å². The molecule has 94 valence electrons. The molecule has 0 unspecified atom stereocenters. The van der Waals surface area contributed by atoms with E-state index in [4.69, 9.17) is 21.1 Å². The normalized spacial score (nSPS) is 10.3. The van der Waals surface area contributed by atoms with Gasteiger partial charge in [-0.05, 0) is 29.8 Å². The summed E-state index contributed by atoms with van der Waals surface area (Å²) < 4.78 is 10.7. The SMILES string of the molecule is COc1ccc(COCc2cccc(Cl)n2)cc1. The number of benzene rings is 1. The third kappa shape index (κ3) is 3.72. The van der Waals surface area contributed by atoms with Crippen molar-refractivity contribution in [1.29, 1.82) is 0 Å². The van der Waals surface area contributed by atoms with Crippen LogP contribution in [0.5, 0.6) is 5.75 Å². The van der Waals surface area contributed by atoms with Crippen molar-refractivity contribution in [2.45, 2.75) is 13.2 Å². The molecule has 0 saturated heterocycles. The lowest BCUT2D eigenvalue weighted by Gasteiger charge is -2.05. The molecular formula is C14H14ClNO2. The average Bonchev–Trinajstić information content (AvgIpc) is 2.40. The van der Waals surface area contributed by atoms with Gasteiger partial charge in [-0.25, -0.2) is 4.98 Å². The number of aromatic nitrogens is 1. The Bertz CT molecular complexity index is 499. The number of pyridine rings is 1. The number of ether oxygens (including phenoxy) is 2. The minimum absolute atomic E-state index is 0.451. The highest BCUT2D eigenvalue weighted by molar-refractivity contribution is 6.29. The largest absolute Gasteiger partial charge is 0.497 e. The highest BCUT2D eigenvalue weighted by Crippen LogP contribution is 2.13. The summed E-state index contributed by atoms with van der Waals surface area (Å²) in [5.41, 5.74) is 1.92. The molecule has 1 aromatic heterocycles. The van der Waals surface area contributed by atoms with Gasteiger partial charge in [0.05, 0.1) is 26.0 Å². The molecule has 0 aliphatic rings. The summed E-state index contributed by atoms with van der Waals surface area (Å²) in [5, 5.41) is 0.487. The van der Waals surface area contributed by atoms with E-state index in [0.717, 1.165) is 17.0 Å². The Morgan fingerprint density at radius 3 is 2.50 bits per heavy atom. The second-order valence-electron chi connectivity index (χ2n) is 3.79. The molecule has 1 aromatic carbocycles. The summed E-state index contributed by atoms with van der Waals surface area (Å²) in [5.74, 6) is 0.843. The maximum atomic E-state index is 5.79. The maximum Gasteiger partial charge on any atom is 0.129 e. The van der Waals surface area contributed by atoms with Crippen LogP contribution in [0.4, 0.5) is 0 Å². The van der Waals surface area contributed by atoms with Gasteiger partial charge in [-0.3, -0.25) is 0 Å². The molecule has 0 fully saturated rings. The number of nitrogens with zero attached hydrogens (tertiary/aromatic N) is 1. The molecule has 0 radical (unpaired) electrons. The van der Waals surface area contributed by atoms with E-state index in [9.17, 15) is 0 Å². The van der Waals surface area contributed by atoms with Crippen molar-refractivity contribution in [2.75, 3.05) is 7.11 Å². The maximum absolute atomic E-state index is 5.79. The van der Waals surface area contributed by atoms with Crippen LogP contribution in [0.1, 0.15) is 11.3 Å². The Hall–Kier alpha value is -1.58. The second-order valence-corrected chi connectivity index (χ2v) is 4.18. The lowest BCUT2D eigenvalue weighted by atomic mass is 10.2. The predicted molar refractivity (Wildman–Crippen MR) is 70.7 cm³/mol. The third-order valence-electron chi connectivity index (χ3n) is 2.45. The standard InChI is InChI=1S/C14H14ClNO2/c1-17-13-7-5-11(6-8-13)9-18-10-12-3-2-4-14(15)16-12/h2-8H,9-10H2,1H3. The first-order valence-corrected chi connectivity index (χ1v) is 5.98. The van der Waals surface area contributed by atoms with Crippen LogP contribution in [0.3, 0.4) is 0 Å². The fourth-order valence-electron chi connectivity index (χ4n) is 1.53. The first-order valence-electron chi connectivity index (χ1n) is 5.60. The average molecular weight is 264 g/mol. The predicted octanol–water partition coefficient (Wildman–Crippen LogP) is 3.46. The van der Waals surface area contributed by atoms with Crippen molar-refractivity contribution in [3.8, 4) is 5.75 Å². The van der Waals surface area contributed by atoms with Crippen LogP contribution in [0.25, 0.3) is 0 Å². The van der Waals surface area contributed by atoms with Crippen molar-refractivity contribution in [3.05, 3.63) is 58.9 Å². The van der Waals surface area contributed by atoms with Gasteiger partial charge < -0.3 is 9.47 Å². The zero-order valence-electron chi connectivity index (χ0n) is 10.1. The number of hydrogen-bond acceptors (Lipinski definition) is 3. The van der Waals surface area contributed by atoms with Gasteiger partial charge in [0, 0.05) is 0 Å². The van der Waals surface area contributed by atoms with E-state index in [-0.39, 0.29) is 0 Å². The summed E-state index contributed by atoms with van der Waals surface area (Å²) >= 11 is 5.79. The number of rotatable bonds is 5. The molecule has 0 spiro atoms. The van der Waals surface area contributed by atoms with E-state index < -0.39 is 0 Å². The van der Waals surface area contributed by atoms with Crippen LogP contribution < -0.4 is 4.74 Å². The lowest BCUT2D eigenvalue weighted by molar-refractivity contribution is 0.104. The van der Waals surface area contributed by atoms with E-state index in [1.54, 1.807) is 13.2 Å². The fraction of sp³-hybridized carbons (Fsp3) is 0.214. The first-order chi connectivity index (χ1) is 8.78. The second kappa shape index (κ2) is 6.38. The minimum Gasteiger partial charge on any atom is -0.497 e. The van der Waals surface area contributed by atoms with Crippen LogP contribution in [-0.4, -0.2) is 12.1 Å². The van der Waals surface area contributed by atoms with E-state index in [0.29, 0.717) is 18.4 Å². The van der Waals surface area contributed by atoms with Crippen LogP contribution in [-0.2, 0) is 18.0 Å². The van der Waals surface area contributed by atoms with E-state index in [1.165, 1.54) is 0 Å². The first kappa shape index (κ1) is 12.9. The molecule has 2 rings (SSSR count). The molecule has 0 aliphatic carbocycles. The monoisotopic (exact) mass is 263 g/mol. The zero-order valence-corrected chi connectivity index (χ0v) is 10.9. The Labute approximate surface area is 111 Å². The molecule has 4 heteroatoms. The summed E-state index contributed by atoms with van der Waals surface area (Å²) in [6.07, 6.45) is 0. The molecule has 0 aliphatic heterocycles. The molecular weight excluding hydrogens is 250 g/mol. The third-order valence-corrected chi connectivity index (χ3v) is 2.66. The van der Waals surface area contributed by atoms with Crippen molar-refractivity contribution < 1.29 is 9.47 Å². The molecule has 1 heterocycles. The molecule has 2 aromatic rings. The van der Waals surface area contributed by atoms with Gasteiger partial charge in [0.25, 0.3) is 0 Å². The Kier molecular flexibility index (Phi) is 4.56. The van der Waals surface area contributed by atoms with Gasteiger partial charge in [0.2, 0.25) is 0 Å². The van der Waals surface area contributed by atoms with E-state index >= 15 is 0 Å². The zero-order chi connectivity index (χ0) is 12.8. The van der Waals surface area contributed by atoms with Gasteiger partial charge in [0.15, 0.2) is 0 Å².